The number of carbonyl (C=O) groups excluding carboxylic acids is 1. The number of unbranched alkanes of at least 4 members (excludes halogenated alkanes) is 15. The summed E-state index contributed by atoms with van der Waals surface area (Å²) in [5, 5.41) is 20.2. The van der Waals surface area contributed by atoms with Crippen LogP contribution in [0.5, 0.6) is 0 Å². The average Bonchev–Trinajstić information content (AvgIpc) is 2.65. The zero-order chi connectivity index (χ0) is 20.0. The molecular weight excluding hydrogens is 342 g/mol. The predicted molar refractivity (Wildman–Crippen MR) is 112 cm³/mol. The van der Waals surface area contributed by atoms with Crippen molar-refractivity contribution in [2.24, 2.45) is 0 Å². The Morgan fingerprint density at radius 1 is 0.741 bits per heavy atom. The predicted octanol–water partition coefficient (Wildman–Crippen LogP) is 4.69. The summed E-state index contributed by atoms with van der Waals surface area (Å²) in [6, 6.07) is 0. The number of hydrogen-bond acceptors (Lipinski definition) is 5. The van der Waals surface area contributed by atoms with Gasteiger partial charge in [-0.05, 0) is 13.0 Å². The number of carbonyl (C=O) groups is 1. The summed E-state index contributed by atoms with van der Waals surface area (Å²) in [7, 11) is 0. The van der Waals surface area contributed by atoms with E-state index in [2.05, 4.69) is 17.0 Å². The van der Waals surface area contributed by atoms with Gasteiger partial charge in [-0.1, -0.05) is 103 Å². The highest BCUT2D eigenvalue weighted by atomic mass is 16.6. The molecule has 0 radical (unpaired) electrons. The third-order valence-electron chi connectivity index (χ3n) is 4.87. The van der Waals surface area contributed by atoms with E-state index in [1.54, 1.807) is 0 Å². The molecule has 0 amide bonds. The van der Waals surface area contributed by atoms with Crippen LogP contribution in [-0.2, 0) is 9.53 Å². The fourth-order valence-electron chi connectivity index (χ4n) is 3.21. The van der Waals surface area contributed by atoms with Crippen LogP contribution in [0.2, 0.25) is 0 Å². The molecule has 0 heterocycles. The molecule has 0 saturated heterocycles. The van der Waals surface area contributed by atoms with Crippen LogP contribution in [0.4, 0.5) is 0 Å². The van der Waals surface area contributed by atoms with E-state index in [-0.39, 0.29) is 13.2 Å². The van der Waals surface area contributed by atoms with Crippen LogP contribution in [0, 0.1) is 0 Å². The molecule has 3 N–H and O–H groups in total. The maximum Gasteiger partial charge on any atom is 0.320 e. The third-order valence-corrected chi connectivity index (χ3v) is 4.87. The zero-order valence-corrected chi connectivity index (χ0v) is 17.7. The zero-order valence-electron chi connectivity index (χ0n) is 17.7. The molecule has 0 aliphatic rings. The molecule has 0 aromatic carbocycles. The van der Waals surface area contributed by atoms with E-state index in [1.807, 2.05) is 0 Å². The van der Waals surface area contributed by atoms with Crippen molar-refractivity contribution in [3.8, 4) is 0 Å². The van der Waals surface area contributed by atoms with Gasteiger partial charge in [-0.15, -0.1) is 0 Å². The number of aliphatic hydroxyl groups is 2. The van der Waals surface area contributed by atoms with E-state index in [4.69, 9.17) is 10.2 Å². The van der Waals surface area contributed by atoms with Crippen molar-refractivity contribution in [2.75, 3.05) is 19.7 Å². The summed E-state index contributed by atoms with van der Waals surface area (Å²) in [6.07, 6.45) is 20.1. The number of nitrogens with one attached hydrogen (secondary N) is 1. The minimum absolute atomic E-state index is 0.130. The molecule has 0 atom stereocenters. The first-order valence-electron chi connectivity index (χ1n) is 11.4. The third kappa shape index (κ3) is 23.3. The van der Waals surface area contributed by atoms with E-state index in [9.17, 15) is 4.79 Å². The lowest BCUT2D eigenvalue weighted by atomic mass is 10.0. The maximum atomic E-state index is 11.2. The van der Waals surface area contributed by atoms with Crippen LogP contribution in [0.15, 0.2) is 0 Å². The van der Waals surface area contributed by atoms with Crippen molar-refractivity contribution in [3.63, 3.8) is 0 Å². The summed E-state index contributed by atoms with van der Waals surface area (Å²) >= 11 is 0. The highest BCUT2D eigenvalue weighted by Crippen LogP contribution is 2.13. The fourth-order valence-corrected chi connectivity index (χ4v) is 3.21. The lowest BCUT2D eigenvalue weighted by Crippen LogP contribution is -2.28. The summed E-state index contributed by atoms with van der Waals surface area (Å²) in [4.78, 5) is 11.2. The first kappa shape index (κ1) is 26.4. The molecule has 0 saturated carbocycles. The minimum atomic E-state index is -1.59. The Labute approximate surface area is 167 Å². The minimum Gasteiger partial charge on any atom is -0.459 e. The van der Waals surface area contributed by atoms with Gasteiger partial charge in [-0.3, -0.25) is 4.79 Å². The van der Waals surface area contributed by atoms with Crippen molar-refractivity contribution < 1.29 is 19.7 Å². The van der Waals surface area contributed by atoms with Gasteiger partial charge in [0.05, 0.1) is 6.54 Å². The van der Waals surface area contributed by atoms with Crippen molar-refractivity contribution in [1.82, 2.24) is 5.32 Å². The van der Waals surface area contributed by atoms with Gasteiger partial charge in [0.1, 0.15) is 6.61 Å². The van der Waals surface area contributed by atoms with Crippen LogP contribution in [-0.4, -0.2) is 42.2 Å². The number of ether oxygens (including phenoxy) is 1. The highest BCUT2D eigenvalue weighted by molar-refractivity contribution is 5.71. The molecule has 0 fully saturated rings. The molecular formula is C22H45NO4. The molecule has 162 valence electrons. The van der Waals surface area contributed by atoms with E-state index >= 15 is 0 Å². The van der Waals surface area contributed by atoms with Gasteiger partial charge in [0, 0.05) is 0 Å². The first-order valence-corrected chi connectivity index (χ1v) is 11.4. The Morgan fingerprint density at radius 3 is 1.56 bits per heavy atom. The molecule has 0 aliphatic heterocycles. The van der Waals surface area contributed by atoms with Gasteiger partial charge in [-0.25, -0.2) is 0 Å². The Morgan fingerprint density at radius 2 is 1.15 bits per heavy atom. The smallest absolute Gasteiger partial charge is 0.320 e. The molecule has 0 aliphatic carbocycles. The van der Waals surface area contributed by atoms with Crippen molar-refractivity contribution >= 4 is 5.97 Å². The lowest BCUT2D eigenvalue weighted by molar-refractivity contribution is -0.155. The lowest BCUT2D eigenvalue weighted by Gasteiger charge is -2.07. The Bertz CT molecular complexity index is 311. The largest absolute Gasteiger partial charge is 0.459 e. The highest BCUT2D eigenvalue weighted by Gasteiger charge is 2.04. The van der Waals surface area contributed by atoms with E-state index in [0.29, 0.717) is 0 Å². The summed E-state index contributed by atoms with van der Waals surface area (Å²) in [5.74, 6) is -0.445. The van der Waals surface area contributed by atoms with Gasteiger partial charge in [-0.2, -0.15) is 0 Å². The van der Waals surface area contributed by atoms with E-state index in [1.165, 1.54) is 96.3 Å². The molecule has 0 aromatic rings. The van der Waals surface area contributed by atoms with E-state index < -0.39 is 12.3 Å². The molecule has 0 bridgehead atoms. The molecule has 0 unspecified atom stereocenters. The van der Waals surface area contributed by atoms with Gasteiger partial charge in [0.25, 0.3) is 0 Å². The molecule has 0 aromatic heterocycles. The maximum absolute atomic E-state index is 11.2. The van der Waals surface area contributed by atoms with Crippen LogP contribution < -0.4 is 5.32 Å². The molecule has 5 nitrogen and oxygen atoms in total. The number of aliphatic hydroxyl groups excluding tert-OH is 1. The quantitative estimate of drug-likeness (QED) is 0.151. The molecule has 5 heteroatoms. The number of rotatable bonds is 21. The standard InChI is InChI=1S/C22H45NO4/c1-2-3-4-5-6-7-8-9-10-11-12-13-14-15-16-17-18-23-19-22(26)27-20-21(24)25/h21,23-25H,2-20H2,1H3. The molecule has 0 spiro atoms. The number of esters is 1. The van der Waals surface area contributed by atoms with Crippen molar-refractivity contribution in [1.29, 1.82) is 0 Å². The normalized spacial score (nSPS) is 11.3. The van der Waals surface area contributed by atoms with Gasteiger partial charge in [0.2, 0.25) is 0 Å². The summed E-state index contributed by atoms with van der Waals surface area (Å²) in [5.41, 5.74) is 0. The second-order valence-corrected chi connectivity index (χ2v) is 7.64. The molecule has 27 heavy (non-hydrogen) atoms. The second kappa shape index (κ2) is 21.6. The van der Waals surface area contributed by atoms with Crippen LogP contribution in [0.3, 0.4) is 0 Å². The second-order valence-electron chi connectivity index (χ2n) is 7.64. The van der Waals surface area contributed by atoms with Crippen molar-refractivity contribution in [2.45, 2.75) is 116 Å². The van der Waals surface area contributed by atoms with Gasteiger partial charge in [0.15, 0.2) is 6.29 Å². The Balaban J connectivity index is 3.08. The van der Waals surface area contributed by atoms with Crippen LogP contribution >= 0.6 is 0 Å². The summed E-state index contributed by atoms with van der Waals surface area (Å²) in [6.45, 7) is 2.84. The van der Waals surface area contributed by atoms with E-state index in [0.717, 1.165) is 13.0 Å². The first-order chi connectivity index (χ1) is 13.2. The van der Waals surface area contributed by atoms with Crippen LogP contribution in [0.1, 0.15) is 110 Å². The average molecular weight is 388 g/mol. The topological polar surface area (TPSA) is 78.8 Å². The van der Waals surface area contributed by atoms with Gasteiger partial charge < -0.3 is 20.3 Å². The Kier molecular flexibility index (Phi) is 21.1. The van der Waals surface area contributed by atoms with Gasteiger partial charge >= 0.3 is 5.97 Å². The molecule has 0 rings (SSSR count). The fraction of sp³-hybridized carbons (Fsp3) is 0.955. The van der Waals surface area contributed by atoms with Crippen LogP contribution in [0.25, 0.3) is 0 Å². The van der Waals surface area contributed by atoms with Crippen molar-refractivity contribution in [3.05, 3.63) is 0 Å². The monoisotopic (exact) mass is 387 g/mol. The Hall–Kier alpha value is -0.650. The SMILES string of the molecule is CCCCCCCCCCCCCCCCCCNCC(=O)OCC(O)O. The number of hydrogen-bond donors (Lipinski definition) is 3. The summed E-state index contributed by atoms with van der Waals surface area (Å²) < 4.78 is 4.64.